The number of carbonyl (C=O) groups excluding carboxylic acids is 1. The van der Waals surface area contributed by atoms with Crippen LogP contribution in [0.25, 0.3) is 22.2 Å². The van der Waals surface area contributed by atoms with Gasteiger partial charge < -0.3 is 4.90 Å². The molecule has 1 aromatic heterocycles. The summed E-state index contributed by atoms with van der Waals surface area (Å²) in [6, 6.07) is 18.2. The van der Waals surface area contributed by atoms with Crippen molar-refractivity contribution in [3.8, 4) is 11.3 Å². The Morgan fingerprint density at radius 2 is 1.84 bits per heavy atom. The topological polar surface area (TPSA) is 57.6 Å². The molecule has 0 saturated carbocycles. The second-order valence-corrected chi connectivity index (χ2v) is 8.43. The lowest BCUT2D eigenvalue weighted by Crippen LogP contribution is -2.32. The number of fused-ring (bicyclic) bond motifs is 1. The van der Waals surface area contributed by atoms with E-state index in [1.807, 2.05) is 30.3 Å². The second-order valence-electron chi connectivity index (χ2n) is 8.43. The molecule has 1 saturated heterocycles. The van der Waals surface area contributed by atoms with Crippen LogP contribution in [0.1, 0.15) is 54.9 Å². The predicted molar refractivity (Wildman–Crippen MR) is 128 cm³/mol. The van der Waals surface area contributed by atoms with Gasteiger partial charge in [-0.05, 0) is 37.1 Å². The Kier molecular flexibility index (Phi) is 6.42. The van der Waals surface area contributed by atoms with Gasteiger partial charge in [-0.25, -0.2) is 10.4 Å². The fourth-order valence-electron chi connectivity index (χ4n) is 3.91. The van der Waals surface area contributed by atoms with Gasteiger partial charge in [-0.3, -0.25) is 4.79 Å². The third-order valence-corrected chi connectivity index (χ3v) is 6.23. The zero-order valence-corrected chi connectivity index (χ0v) is 18.6. The zero-order valence-electron chi connectivity index (χ0n) is 18.6. The predicted octanol–water partition coefficient (Wildman–Crippen LogP) is 5.23. The molecule has 5 nitrogen and oxygen atoms in total. The van der Waals surface area contributed by atoms with Gasteiger partial charge in [-0.15, -0.1) is 0 Å². The number of benzene rings is 2. The molecule has 160 valence electrons. The molecule has 1 N–H and O–H groups in total. The van der Waals surface area contributed by atoms with Gasteiger partial charge in [0.05, 0.1) is 16.8 Å². The van der Waals surface area contributed by atoms with Crippen molar-refractivity contribution >= 4 is 22.5 Å². The van der Waals surface area contributed by atoms with Crippen LogP contribution in [-0.4, -0.2) is 41.6 Å². The smallest absolute Gasteiger partial charge is 0.272 e. The summed E-state index contributed by atoms with van der Waals surface area (Å²) in [6.07, 6.45) is 2.89. The van der Waals surface area contributed by atoms with Crippen molar-refractivity contribution in [1.29, 1.82) is 0 Å². The minimum atomic E-state index is -0.192. The maximum atomic E-state index is 13.1. The minimum absolute atomic E-state index is 0.192. The first kappa shape index (κ1) is 21.2. The number of piperidine rings is 1. The molecular formula is C26H30N4O. The SMILES string of the molecule is CC[C@H](C)c1ccc(-c2cc(C(=O)NN=C3CCN(C)CC3)c3ccccc3n2)cc1. The molecule has 1 fully saturated rings. The molecule has 31 heavy (non-hydrogen) atoms. The van der Waals surface area contributed by atoms with Crippen LogP contribution in [0.5, 0.6) is 0 Å². The number of nitrogens with one attached hydrogen (secondary N) is 1. The summed E-state index contributed by atoms with van der Waals surface area (Å²) in [5.74, 6) is 0.334. The Balaban J connectivity index is 1.65. The highest BCUT2D eigenvalue weighted by Gasteiger charge is 2.16. The van der Waals surface area contributed by atoms with Gasteiger partial charge in [0.15, 0.2) is 0 Å². The molecule has 0 aliphatic carbocycles. The number of para-hydroxylation sites is 1. The van der Waals surface area contributed by atoms with E-state index < -0.39 is 0 Å². The van der Waals surface area contributed by atoms with Crippen LogP contribution in [-0.2, 0) is 0 Å². The van der Waals surface area contributed by atoms with Gasteiger partial charge in [-0.1, -0.05) is 56.3 Å². The zero-order chi connectivity index (χ0) is 21.8. The first-order chi connectivity index (χ1) is 15.0. The van der Waals surface area contributed by atoms with Crippen molar-refractivity contribution in [2.24, 2.45) is 5.10 Å². The quantitative estimate of drug-likeness (QED) is 0.582. The van der Waals surface area contributed by atoms with Crippen LogP contribution in [0.2, 0.25) is 0 Å². The normalized spacial score (nSPS) is 15.6. The van der Waals surface area contributed by atoms with E-state index in [0.717, 1.165) is 60.2 Å². The van der Waals surface area contributed by atoms with Crippen molar-refractivity contribution < 1.29 is 4.79 Å². The number of nitrogens with zero attached hydrogens (tertiary/aromatic N) is 3. The maximum absolute atomic E-state index is 13.1. The Hall–Kier alpha value is -3.05. The van der Waals surface area contributed by atoms with E-state index in [0.29, 0.717) is 11.5 Å². The van der Waals surface area contributed by atoms with Crippen LogP contribution in [0, 0.1) is 0 Å². The Bertz CT molecular complexity index is 1090. The van der Waals surface area contributed by atoms with Crippen molar-refractivity contribution in [3.63, 3.8) is 0 Å². The average molecular weight is 415 g/mol. The number of rotatable bonds is 5. The molecule has 2 heterocycles. The van der Waals surface area contributed by atoms with E-state index in [9.17, 15) is 4.79 Å². The molecule has 0 bridgehead atoms. The third-order valence-electron chi connectivity index (χ3n) is 6.23. The highest BCUT2D eigenvalue weighted by molar-refractivity contribution is 6.07. The molecule has 3 aromatic rings. The lowest BCUT2D eigenvalue weighted by atomic mass is 9.96. The largest absolute Gasteiger partial charge is 0.306 e. The molecule has 1 amide bonds. The standard InChI is InChI=1S/C26H30N4O/c1-4-18(2)19-9-11-20(12-10-19)25-17-23(22-7-5-6-8-24(22)27-25)26(31)29-28-21-13-15-30(3)16-14-21/h5-12,17-18H,4,13-16H2,1-3H3,(H,29,31)/t18-/m0/s1. The molecule has 1 aliphatic rings. The summed E-state index contributed by atoms with van der Waals surface area (Å²) in [5.41, 5.74) is 8.37. The Morgan fingerprint density at radius 1 is 1.13 bits per heavy atom. The van der Waals surface area contributed by atoms with Crippen LogP contribution in [0.15, 0.2) is 59.7 Å². The van der Waals surface area contributed by atoms with Gasteiger partial charge in [0.2, 0.25) is 0 Å². The number of likely N-dealkylation sites (tertiary alicyclic amines) is 1. The van der Waals surface area contributed by atoms with E-state index in [1.165, 1.54) is 5.56 Å². The first-order valence-electron chi connectivity index (χ1n) is 11.1. The number of hydrazone groups is 1. The van der Waals surface area contributed by atoms with Crippen molar-refractivity contribution in [2.45, 2.75) is 39.0 Å². The molecule has 4 rings (SSSR count). The van der Waals surface area contributed by atoms with Crippen molar-refractivity contribution in [2.75, 3.05) is 20.1 Å². The van der Waals surface area contributed by atoms with Gasteiger partial charge in [0, 0.05) is 42.6 Å². The first-order valence-corrected chi connectivity index (χ1v) is 11.1. The van der Waals surface area contributed by atoms with E-state index in [1.54, 1.807) is 0 Å². The van der Waals surface area contributed by atoms with E-state index in [2.05, 4.69) is 60.6 Å². The molecule has 0 radical (unpaired) electrons. The fraction of sp³-hybridized carbons (Fsp3) is 0.346. The van der Waals surface area contributed by atoms with Gasteiger partial charge in [-0.2, -0.15) is 5.10 Å². The molecular weight excluding hydrogens is 384 g/mol. The van der Waals surface area contributed by atoms with Crippen LogP contribution >= 0.6 is 0 Å². The van der Waals surface area contributed by atoms with Crippen LogP contribution < -0.4 is 5.43 Å². The number of aromatic nitrogens is 1. The Labute approximate surface area is 184 Å². The van der Waals surface area contributed by atoms with Crippen molar-refractivity contribution in [3.05, 3.63) is 65.7 Å². The molecule has 0 spiro atoms. The minimum Gasteiger partial charge on any atom is -0.306 e. The van der Waals surface area contributed by atoms with Gasteiger partial charge >= 0.3 is 0 Å². The summed E-state index contributed by atoms with van der Waals surface area (Å²) in [5, 5.41) is 5.25. The number of pyridine rings is 1. The lowest BCUT2D eigenvalue weighted by Gasteiger charge is -2.22. The van der Waals surface area contributed by atoms with E-state index >= 15 is 0 Å². The second kappa shape index (κ2) is 9.40. The van der Waals surface area contributed by atoms with Crippen LogP contribution in [0.4, 0.5) is 0 Å². The van der Waals surface area contributed by atoms with E-state index in [-0.39, 0.29) is 5.91 Å². The molecule has 0 unspecified atom stereocenters. The van der Waals surface area contributed by atoms with Crippen LogP contribution in [0.3, 0.4) is 0 Å². The summed E-state index contributed by atoms with van der Waals surface area (Å²) in [4.78, 5) is 20.2. The summed E-state index contributed by atoms with van der Waals surface area (Å²) in [6.45, 7) is 6.38. The summed E-state index contributed by atoms with van der Waals surface area (Å²) < 4.78 is 0. The molecule has 5 heteroatoms. The summed E-state index contributed by atoms with van der Waals surface area (Å²) >= 11 is 0. The molecule has 2 aromatic carbocycles. The maximum Gasteiger partial charge on any atom is 0.272 e. The average Bonchev–Trinajstić information content (AvgIpc) is 2.82. The number of carbonyl (C=O) groups is 1. The Morgan fingerprint density at radius 3 is 2.55 bits per heavy atom. The highest BCUT2D eigenvalue weighted by atomic mass is 16.2. The summed E-state index contributed by atoms with van der Waals surface area (Å²) in [7, 11) is 2.11. The van der Waals surface area contributed by atoms with Crippen molar-refractivity contribution in [1.82, 2.24) is 15.3 Å². The molecule has 1 aliphatic heterocycles. The third kappa shape index (κ3) is 4.83. The van der Waals surface area contributed by atoms with Gasteiger partial charge in [0.25, 0.3) is 5.91 Å². The highest BCUT2D eigenvalue weighted by Crippen LogP contribution is 2.27. The number of amides is 1. The monoisotopic (exact) mass is 414 g/mol. The lowest BCUT2D eigenvalue weighted by molar-refractivity contribution is 0.0956. The van der Waals surface area contributed by atoms with E-state index in [4.69, 9.17) is 4.98 Å². The number of hydrogen-bond donors (Lipinski definition) is 1. The molecule has 1 atom stereocenters. The number of hydrogen-bond acceptors (Lipinski definition) is 4. The fourth-order valence-corrected chi connectivity index (χ4v) is 3.91. The van der Waals surface area contributed by atoms with Gasteiger partial charge in [0.1, 0.15) is 0 Å².